The van der Waals surface area contributed by atoms with Crippen LogP contribution in [0, 0.1) is 6.92 Å². The summed E-state index contributed by atoms with van der Waals surface area (Å²) in [6.45, 7) is 12.6. The molecule has 0 amide bonds. The summed E-state index contributed by atoms with van der Waals surface area (Å²) in [4.78, 5) is 0. The highest BCUT2D eigenvalue weighted by molar-refractivity contribution is 5.87. The summed E-state index contributed by atoms with van der Waals surface area (Å²) in [5.74, 6) is 0.986. The van der Waals surface area contributed by atoms with Crippen LogP contribution in [0.1, 0.15) is 51.3 Å². The standard InChI is InChI=1S/C19H30N2O/c1-5-8-11-21-15(4)18(14-20-7-3)17-13-16(22-12-6-2)9-10-19(17)21/h9-10,13,20H,5-8,11-12,14H2,1-4H3. The molecule has 0 spiro atoms. The number of hydrogen-bond donors (Lipinski definition) is 1. The molecule has 1 N–H and O–H groups in total. The minimum absolute atomic E-state index is 0.781. The van der Waals surface area contributed by atoms with Gasteiger partial charge >= 0.3 is 0 Å². The first kappa shape index (κ1) is 16.9. The molecule has 0 fully saturated rings. The summed E-state index contributed by atoms with van der Waals surface area (Å²) in [6, 6.07) is 6.54. The molecule has 0 saturated carbocycles. The quantitative estimate of drug-likeness (QED) is 0.730. The smallest absolute Gasteiger partial charge is 0.120 e. The number of nitrogens with zero attached hydrogens (tertiary/aromatic N) is 1. The fraction of sp³-hybridized carbons (Fsp3) is 0.579. The van der Waals surface area contributed by atoms with E-state index in [2.05, 4.69) is 55.8 Å². The number of aromatic nitrogens is 1. The number of ether oxygens (including phenoxy) is 1. The second-order valence-electron chi connectivity index (χ2n) is 5.88. The molecular formula is C19H30N2O. The largest absolute Gasteiger partial charge is 0.494 e. The number of rotatable bonds is 9. The van der Waals surface area contributed by atoms with Gasteiger partial charge in [-0.15, -0.1) is 0 Å². The van der Waals surface area contributed by atoms with Crippen molar-refractivity contribution in [2.75, 3.05) is 13.2 Å². The van der Waals surface area contributed by atoms with E-state index in [9.17, 15) is 0 Å². The Bertz CT molecular complexity index is 601. The van der Waals surface area contributed by atoms with Crippen molar-refractivity contribution in [2.45, 2.75) is 60.0 Å². The van der Waals surface area contributed by atoms with Crippen LogP contribution in [0.5, 0.6) is 5.75 Å². The van der Waals surface area contributed by atoms with Gasteiger partial charge in [0.25, 0.3) is 0 Å². The van der Waals surface area contributed by atoms with Gasteiger partial charge in [0.05, 0.1) is 6.61 Å². The van der Waals surface area contributed by atoms with Crippen LogP contribution < -0.4 is 10.1 Å². The van der Waals surface area contributed by atoms with Gasteiger partial charge in [0.1, 0.15) is 5.75 Å². The molecule has 0 unspecified atom stereocenters. The van der Waals surface area contributed by atoms with Crippen LogP contribution in [0.25, 0.3) is 10.9 Å². The van der Waals surface area contributed by atoms with Gasteiger partial charge in [-0.2, -0.15) is 0 Å². The molecule has 0 aliphatic rings. The first-order valence-electron chi connectivity index (χ1n) is 8.68. The lowest BCUT2D eigenvalue weighted by Gasteiger charge is -2.08. The number of fused-ring (bicyclic) bond motifs is 1. The van der Waals surface area contributed by atoms with Gasteiger partial charge in [-0.1, -0.05) is 27.2 Å². The zero-order chi connectivity index (χ0) is 15.9. The van der Waals surface area contributed by atoms with E-state index in [-0.39, 0.29) is 0 Å². The van der Waals surface area contributed by atoms with Crippen LogP contribution >= 0.6 is 0 Å². The Kier molecular flexibility index (Phi) is 6.32. The highest BCUT2D eigenvalue weighted by Crippen LogP contribution is 2.30. The van der Waals surface area contributed by atoms with E-state index in [0.717, 1.165) is 38.4 Å². The highest BCUT2D eigenvalue weighted by Gasteiger charge is 2.14. The van der Waals surface area contributed by atoms with Crippen molar-refractivity contribution >= 4 is 10.9 Å². The van der Waals surface area contributed by atoms with Crippen molar-refractivity contribution in [3.8, 4) is 5.75 Å². The summed E-state index contributed by atoms with van der Waals surface area (Å²) in [7, 11) is 0. The van der Waals surface area contributed by atoms with Crippen LogP contribution in [0.3, 0.4) is 0 Å². The Balaban J connectivity index is 2.43. The van der Waals surface area contributed by atoms with Gasteiger partial charge in [-0.05, 0) is 50.1 Å². The summed E-state index contributed by atoms with van der Waals surface area (Å²) < 4.78 is 8.29. The van der Waals surface area contributed by atoms with Gasteiger partial charge < -0.3 is 14.6 Å². The average Bonchev–Trinajstić information content (AvgIpc) is 2.80. The SMILES string of the molecule is CCCCn1c(C)c(CNCC)c2cc(OCCC)ccc21. The van der Waals surface area contributed by atoms with Crippen molar-refractivity contribution in [3.05, 3.63) is 29.5 Å². The number of benzene rings is 1. The average molecular weight is 302 g/mol. The maximum absolute atomic E-state index is 5.82. The zero-order valence-corrected chi connectivity index (χ0v) is 14.5. The molecule has 0 atom stereocenters. The van der Waals surface area contributed by atoms with Gasteiger partial charge in [-0.3, -0.25) is 0 Å². The van der Waals surface area contributed by atoms with Crippen molar-refractivity contribution < 1.29 is 4.74 Å². The van der Waals surface area contributed by atoms with Crippen molar-refractivity contribution in [1.82, 2.24) is 9.88 Å². The zero-order valence-electron chi connectivity index (χ0n) is 14.5. The van der Waals surface area contributed by atoms with E-state index in [1.54, 1.807) is 0 Å². The van der Waals surface area contributed by atoms with Crippen molar-refractivity contribution in [1.29, 1.82) is 0 Å². The molecule has 0 saturated heterocycles. The fourth-order valence-electron chi connectivity index (χ4n) is 2.92. The number of unbranched alkanes of at least 4 members (excludes halogenated alkanes) is 1. The fourth-order valence-corrected chi connectivity index (χ4v) is 2.92. The number of aryl methyl sites for hydroxylation is 1. The lowest BCUT2D eigenvalue weighted by atomic mass is 10.1. The van der Waals surface area contributed by atoms with E-state index in [1.807, 2.05) is 0 Å². The van der Waals surface area contributed by atoms with Gasteiger partial charge in [0, 0.05) is 29.7 Å². The second-order valence-corrected chi connectivity index (χ2v) is 5.88. The molecule has 122 valence electrons. The predicted molar refractivity (Wildman–Crippen MR) is 94.7 cm³/mol. The third-order valence-electron chi connectivity index (χ3n) is 4.19. The molecule has 1 aromatic heterocycles. The van der Waals surface area contributed by atoms with Gasteiger partial charge in [0.15, 0.2) is 0 Å². The molecule has 0 aliphatic carbocycles. The Morgan fingerprint density at radius 1 is 1.14 bits per heavy atom. The topological polar surface area (TPSA) is 26.2 Å². The van der Waals surface area contributed by atoms with Crippen LogP contribution in [-0.4, -0.2) is 17.7 Å². The molecule has 2 rings (SSSR count). The van der Waals surface area contributed by atoms with Crippen LogP contribution in [-0.2, 0) is 13.1 Å². The van der Waals surface area contributed by atoms with E-state index in [1.165, 1.54) is 35.0 Å². The maximum atomic E-state index is 5.82. The first-order chi connectivity index (χ1) is 10.7. The summed E-state index contributed by atoms with van der Waals surface area (Å²) >= 11 is 0. The molecule has 3 heteroatoms. The molecule has 0 bridgehead atoms. The van der Waals surface area contributed by atoms with E-state index in [4.69, 9.17) is 4.74 Å². The lowest BCUT2D eigenvalue weighted by molar-refractivity contribution is 0.318. The normalized spacial score (nSPS) is 11.3. The number of hydrogen-bond acceptors (Lipinski definition) is 2. The Hall–Kier alpha value is -1.48. The molecule has 0 aliphatic heterocycles. The van der Waals surface area contributed by atoms with Crippen LogP contribution in [0.2, 0.25) is 0 Å². The summed E-state index contributed by atoms with van der Waals surface area (Å²) in [5, 5.41) is 4.81. The lowest BCUT2D eigenvalue weighted by Crippen LogP contribution is -2.12. The summed E-state index contributed by atoms with van der Waals surface area (Å²) in [5.41, 5.74) is 4.13. The first-order valence-corrected chi connectivity index (χ1v) is 8.68. The molecule has 3 nitrogen and oxygen atoms in total. The third kappa shape index (κ3) is 3.64. The Morgan fingerprint density at radius 2 is 1.95 bits per heavy atom. The number of nitrogens with one attached hydrogen (secondary N) is 1. The highest BCUT2D eigenvalue weighted by atomic mass is 16.5. The second kappa shape index (κ2) is 8.23. The summed E-state index contributed by atoms with van der Waals surface area (Å²) in [6.07, 6.45) is 3.48. The van der Waals surface area contributed by atoms with Crippen LogP contribution in [0.4, 0.5) is 0 Å². The maximum Gasteiger partial charge on any atom is 0.120 e. The molecule has 1 aromatic carbocycles. The Morgan fingerprint density at radius 3 is 2.64 bits per heavy atom. The van der Waals surface area contributed by atoms with Gasteiger partial charge in [0.2, 0.25) is 0 Å². The molecule has 22 heavy (non-hydrogen) atoms. The van der Waals surface area contributed by atoms with E-state index >= 15 is 0 Å². The van der Waals surface area contributed by atoms with Crippen molar-refractivity contribution in [3.63, 3.8) is 0 Å². The van der Waals surface area contributed by atoms with Gasteiger partial charge in [-0.25, -0.2) is 0 Å². The van der Waals surface area contributed by atoms with E-state index in [0.29, 0.717) is 0 Å². The molecule has 2 aromatic rings. The minimum Gasteiger partial charge on any atom is -0.494 e. The molecule has 0 radical (unpaired) electrons. The molecule has 1 heterocycles. The van der Waals surface area contributed by atoms with E-state index < -0.39 is 0 Å². The minimum atomic E-state index is 0.781. The molecular weight excluding hydrogens is 272 g/mol. The monoisotopic (exact) mass is 302 g/mol. The third-order valence-corrected chi connectivity index (χ3v) is 4.19. The van der Waals surface area contributed by atoms with Crippen molar-refractivity contribution in [2.24, 2.45) is 0 Å². The van der Waals surface area contributed by atoms with Crippen LogP contribution in [0.15, 0.2) is 18.2 Å². The Labute approximate surface area is 134 Å². The predicted octanol–water partition coefficient (Wildman–Crippen LogP) is 4.65.